The number of halogens is 3. The first-order valence-corrected chi connectivity index (χ1v) is 9.81. The van der Waals surface area contributed by atoms with Gasteiger partial charge in [0, 0.05) is 31.0 Å². The molecule has 7 nitrogen and oxygen atoms in total. The van der Waals surface area contributed by atoms with Crippen molar-refractivity contribution in [3.8, 4) is 6.07 Å². The van der Waals surface area contributed by atoms with Crippen LogP contribution in [-0.4, -0.2) is 42.5 Å². The number of nitrogens with two attached hydrogens (primary N) is 1. The molecule has 0 saturated carbocycles. The van der Waals surface area contributed by atoms with Crippen molar-refractivity contribution in [3.05, 3.63) is 58.7 Å². The number of piperazine rings is 1. The Balaban J connectivity index is 1.82. The number of hydrogen-bond acceptors (Lipinski definition) is 4. The van der Waals surface area contributed by atoms with Crippen LogP contribution < -0.4 is 16.0 Å². The van der Waals surface area contributed by atoms with E-state index in [1.54, 1.807) is 17.0 Å². The fourth-order valence-corrected chi connectivity index (χ4v) is 3.81. The number of rotatable bonds is 3. The fraction of sp³-hybridized carbons (Fsp3) is 0.318. The van der Waals surface area contributed by atoms with Crippen LogP contribution in [0.25, 0.3) is 0 Å². The molecule has 1 unspecified atom stereocenters. The van der Waals surface area contributed by atoms with Gasteiger partial charge >= 0.3 is 12.2 Å². The SMILES string of the molecule is Cc1cc(C)cc(NC(=O)N2CCN(c3ccc(C#N)c(C(F)(F)F)c3)CC2C(N)=O)c1. The van der Waals surface area contributed by atoms with E-state index < -0.39 is 35.3 Å². The zero-order chi connectivity index (χ0) is 23.6. The van der Waals surface area contributed by atoms with Crippen molar-refractivity contribution >= 4 is 23.3 Å². The molecule has 1 fully saturated rings. The first kappa shape index (κ1) is 22.9. The van der Waals surface area contributed by atoms with Crippen LogP contribution in [0.4, 0.5) is 29.3 Å². The molecule has 1 heterocycles. The number of carbonyl (C=O) groups is 2. The van der Waals surface area contributed by atoms with Gasteiger partial charge < -0.3 is 20.9 Å². The summed E-state index contributed by atoms with van der Waals surface area (Å²) < 4.78 is 39.9. The summed E-state index contributed by atoms with van der Waals surface area (Å²) >= 11 is 0. The number of urea groups is 1. The molecule has 3 N–H and O–H groups in total. The van der Waals surface area contributed by atoms with E-state index in [9.17, 15) is 22.8 Å². The molecule has 2 aromatic rings. The molecule has 0 bridgehead atoms. The van der Waals surface area contributed by atoms with Crippen molar-refractivity contribution in [3.63, 3.8) is 0 Å². The first-order valence-electron chi connectivity index (χ1n) is 9.81. The van der Waals surface area contributed by atoms with Crippen molar-refractivity contribution in [1.82, 2.24) is 4.90 Å². The summed E-state index contributed by atoms with van der Waals surface area (Å²) in [5, 5.41) is 11.7. The molecule has 0 spiro atoms. The molecule has 3 rings (SSSR count). The lowest BCUT2D eigenvalue weighted by Crippen LogP contribution is -2.60. The smallest absolute Gasteiger partial charge is 0.368 e. The number of aryl methyl sites for hydroxylation is 2. The minimum Gasteiger partial charge on any atom is -0.368 e. The van der Waals surface area contributed by atoms with E-state index in [1.807, 2.05) is 19.9 Å². The average molecular weight is 445 g/mol. The van der Waals surface area contributed by atoms with Crippen molar-refractivity contribution < 1.29 is 22.8 Å². The number of nitrogens with one attached hydrogen (secondary N) is 1. The number of nitrogens with zero attached hydrogens (tertiary/aromatic N) is 3. The standard InChI is InChI=1S/C22H22F3N5O2/c1-13-7-14(2)9-16(8-13)28-21(32)30-6-5-29(12-19(30)20(27)31)17-4-3-15(11-26)18(10-17)22(23,24)25/h3-4,7-10,19H,5-6,12H2,1-2H3,(H2,27,31)(H,28,32). The summed E-state index contributed by atoms with van der Waals surface area (Å²) in [5.74, 6) is -0.769. The number of amides is 3. The highest BCUT2D eigenvalue weighted by atomic mass is 19.4. The zero-order valence-electron chi connectivity index (χ0n) is 17.5. The third-order valence-electron chi connectivity index (χ3n) is 5.24. The Morgan fingerprint density at radius 1 is 1.12 bits per heavy atom. The van der Waals surface area contributed by atoms with Gasteiger partial charge in [0.05, 0.1) is 17.2 Å². The molecule has 1 atom stereocenters. The predicted molar refractivity (Wildman–Crippen MR) is 113 cm³/mol. The minimum absolute atomic E-state index is 0.0706. The Kier molecular flexibility index (Phi) is 6.30. The van der Waals surface area contributed by atoms with Gasteiger partial charge in [-0.15, -0.1) is 0 Å². The number of carbonyl (C=O) groups excluding carboxylic acids is 2. The molecule has 1 aliphatic heterocycles. The summed E-state index contributed by atoms with van der Waals surface area (Å²) in [6.07, 6.45) is -4.70. The predicted octanol–water partition coefficient (Wildman–Crippen LogP) is 3.40. The highest BCUT2D eigenvalue weighted by Gasteiger charge is 2.37. The second kappa shape index (κ2) is 8.78. The van der Waals surface area contributed by atoms with Gasteiger partial charge in [0.2, 0.25) is 5.91 Å². The normalized spacial score (nSPS) is 16.4. The van der Waals surface area contributed by atoms with E-state index in [1.165, 1.54) is 17.0 Å². The van der Waals surface area contributed by atoms with Crippen LogP contribution in [0.3, 0.4) is 0 Å². The van der Waals surface area contributed by atoms with Crippen LogP contribution in [0.1, 0.15) is 22.3 Å². The lowest BCUT2D eigenvalue weighted by atomic mass is 10.0. The van der Waals surface area contributed by atoms with E-state index in [4.69, 9.17) is 11.0 Å². The fourth-order valence-electron chi connectivity index (χ4n) is 3.81. The maximum atomic E-state index is 13.3. The molecule has 2 aromatic carbocycles. The van der Waals surface area contributed by atoms with Crippen molar-refractivity contribution in [1.29, 1.82) is 5.26 Å². The summed E-state index contributed by atoms with van der Waals surface area (Å²) in [5.41, 5.74) is 6.65. The van der Waals surface area contributed by atoms with E-state index in [0.29, 0.717) is 5.69 Å². The van der Waals surface area contributed by atoms with Crippen molar-refractivity contribution in [2.24, 2.45) is 5.73 Å². The number of anilines is 2. The molecular weight excluding hydrogens is 423 g/mol. The monoisotopic (exact) mass is 445 g/mol. The molecule has 0 aliphatic carbocycles. The second-order valence-electron chi connectivity index (χ2n) is 7.70. The topological polar surface area (TPSA) is 102 Å². The summed E-state index contributed by atoms with van der Waals surface area (Å²) in [7, 11) is 0. The van der Waals surface area contributed by atoms with Crippen molar-refractivity contribution in [2.75, 3.05) is 29.9 Å². The summed E-state index contributed by atoms with van der Waals surface area (Å²) in [6.45, 7) is 3.97. The maximum Gasteiger partial charge on any atom is 0.417 e. The first-order chi connectivity index (χ1) is 15.0. The molecule has 1 aliphatic rings. The van der Waals surface area contributed by atoms with Gasteiger partial charge in [-0.2, -0.15) is 18.4 Å². The molecule has 3 amide bonds. The average Bonchev–Trinajstić information content (AvgIpc) is 2.71. The number of hydrogen-bond donors (Lipinski definition) is 2. The second-order valence-corrected chi connectivity index (χ2v) is 7.70. The molecule has 32 heavy (non-hydrogen) atoms. The Morgan fingerprint density at radius 3 is 2.34 bits per heavy atom. The van der Waals surface area contributed by atoms with Gasteiger partial charge in [0.1, 0.15) is 6.04 Å². The molecule has 168 valence electrons. The Morgan fingerprint density at radius 2 is 1.78 bits per heavy atom. The molecule has 1 saturated heterocycles. The zero-order valence-corrected chi connectivity index (χ0v) is 17.5. The van der Waals surface area contributed by atoms with Crippen LogP contribution >= 0.6 is 0 Å². The molecule has 0 aromatic heterocycles. The number of alkyl halides is 3. The van der Waals surface area contributed by atoms with Crippen LogP contribution in [-0.2, 0) is 11.0 Å². The number of nitriles is 1. The summed E-state index contributed by atoms with van der Waals surface area (Å²) in [6, 6.07) is 8.86. The largest absolute Gasteiger partial charge is 0.417 e. The van der Waals surface area contributed by atoms with E-state index in [0.717, 1.165) is 23.3 Å². The van der Waals surface area contributed by atoms with Gasteiger partial charge in [-0.05, 0) is 55.3 Å². The van der Waals surface area contributed by atoms with Gasteiger partial charge in [0.15, 0.2) is 0 Å². The lowest BCUT2D eigenvalue weighted by molar-refractivity contribution is -0.137. The number of primary amides is 1. The highest BCUT2D eigenvalue weighted by Crippen LogP contribution is 2.35. The third kappa shape index (κ3) is 4.94. The van der Waals surface area contributed by atoms with E-state index in [-0.39, 0.29) is 25.3 Å². The molecule has 10 heteroatoms. The van der Waals surface area contributed by atoms with E-state index >= 15 is 0 Å². The van der Waals surface area contributed by atoms with E-state index in [2.05, 4.69) is 5.32 Å². The van der Waals surface area contributed by atoms with Crippen LogP contribution in [0.15, 0.2) is 36.4 Å². The molecular formula is C22H22F3N5O2. The Bertz CT molecular complexity index is 1070. The third-order valence-corrected chi connectivity index (χ3v) is 5.24. The minimum atomic E-state index is -4.70. The maximum absolute atomic E-state index is 13.3. The van der Waals surface area contributed by atoms with Gasteiger partial charge in [-0.1, -0.05) is 6.07 Å². The van der Waals surface area contributed by atoms with Gasteiger partial charge in [0.25, 0.3) is 0 Å². The Labute approximate surface area is 183 Å². The van der Waals surface area contributed by atoms with Crippen LogP contribution in [0, 0.1) is 25.2 Å². The van der Waals surface area contributed by atoms with Gasteiger partial charge in [-0.25, -0.2) is 4.79 Å². The van der Waals surface area contributed by atoms with Crippen LogP contribution in [0.2, 0.25) is 0 Å². The highest BCUT2D eigenvalue weighted by molar-refractivity contribution is 5.94. The molecule has 0 radical (unpaired) electrons. The summed E-state index contributed by atoms with van der Waals surface area (Å²) in [4.78, 5) is 27.7. The lowest BCUT2D eigenvalue weighted by Gasteiger charge is -2.41. The quantitative estimate of drug-likeness (QED) is 0.756. The Hall–Kier alpha value is -3.74. The van der Waals surface area contributed by atoms with Gasteiger partial charge in [-0.3, -0.25) is 4.79 Å². The number of benzene rings is 2. The van der Waals surface area contributed by atoms with Crippen LogP contribution in [0.5, 0.6) is 0 Å². The van der Waals surface area contributed by atoms with Crippen molar-refractivity contribution in [2.45, 2.75) is 26.1 Å².